The molecule has 0 aliphatic heterocycles. The SMILES string of the molecule is CCCCCCC(CC(=O)N(CCC[NH+](C)C)CCC[NH+](C)C)c1ccccc1. The van der Waals surface area contributed by atoms with Crippen LogP contribution in [0.3, 0.4) is 0 Å². The van der Waals surface area contributed by atoms with E-state index in [9.17, 15) is 4.79 Å². The molecule has 0 heterocycles. The molecule has 29 heavy (non-hydrogen) atoms. The quantitative estimate of drug-likeness (QED) is 0.405. The highest BCUT2D eigenvalue weighted by molar-refractivity contribution is 5.77. The van der Waals surface area contributed by atoms with Crippen molar-refractivity contribution in [1.82, 2.24) is 4.90 Å². The Kier molecular flexibility index (Phi) is 13.7. The lowest BCUT2D eigenvalue weighted by molar-refractivity contribution is -0.858. The van der Waals surface area contributed by atoms with Crippen molar-refractivity contribution in [2.24, 2.45) is 0 Å². The van der Waals surface area contributed by atoms with E-state index in [0.29, 0.717) is 18.2 Å². The van der Waals surface area contributed by atoms with Gasteiger partial charge in [-0.2, -0.15) is 0 Å². The predicted octanol–water partition coefficient (Wildman–Crippen LogP) is 2.03. The van der Waals surface area contributed by atoms with Gasteiger partial charge in [0.05, 0.1) is 41.3 Å². The number of hydrogen-bond acceptors (Lipinski definition) is 1. The van der Waals surface area contributed by atoms with Crippen LogP contribution in [0.2, 0.25) is 0 Å². The number of nitrogens with zero attached hydrogens (tertiary/aromatic N) is 1. The molecule has 0 radical (unpaired) electrons. The standard InChI is InChI=1S/C25H45N3O/c1-6-7-8-10-17-24(23-15-11-9-12-16-23)22-25(29)28(20-13-18-26(2)3)21-14-19-27(4)5/h9,11-12,15-16,24H,6-8,10,13-14,17-22H2,1-5H3/p+2. The molecular formula is C25H47N3O+2. The molecular weight excluding hydrogens is 358 g/mol. The summed E-state index contributed by atoms with van der Waals surface area (Å²) in [5.41, 5.74) is 1.33. The Morgan fingerprint density at radius 2 is 1.45 bits per heavy atom. The summed E-state index contributed by atoms with van der Waals surface area (Å²) < 4.78 is 0. The van der Waals surface area contributed by atoms with Gasteiger partial charge in [0, 0.05) is 32.4 Å². The van der Waals surface area contributed by atoms with Gasteiger partial charge in [-0.25, -0.2) is 0 Å². The zero-order chi connectivity index (χ0) is 21.5. The van der Waals surface area contributed by atoms with Crippen molar-refractivity contribution in [2.75, 3.05) is 54.4 Å². The monoisotopic (exact) mass is 405 g/mol. The smallest absolute Gasteiger partial charge is 0.223 e. The summed E-state index contributed by atoms with van der Waals surface area (Å²) in [6.07, 6.45) is 8.97. The second-order valence-corrected chi connectivity index (χ2v) is 9.16. The lowest BCUT2D eigenvalue weighted by Crippen LogP contribution is -3.05. The number of nitrogens with one attached hydrogen (secondary N) is 2. The van der Waals surface area contributed by atoms with Gasteiger partial charge in [0.15, 0.2) is 0 Å². The first kappa shape index (κ1) is 25.6. The minimum Gasteiger partial charge on any atom is -0.342 e. The Bertz CT molecular complexity index is 516. The Morgan fingerprint density at radius 1 is 0.862 bits per heavy atom. The van der Waals surface area contributed by atoms with Crippen LogP contribution in [0.15, 0.2) is 30.3 Å². The van der Waals surface area contributed by atoms with Crippen LogP contribution >= 0.6 is 0 Å². The van der Waals surface area contributed by atoms with E-state index >= 15 is 0 Å². The number of carbonyl (C=O) groups is 1. The third-order valence-corrected chi connectivity index (χ3v) is 5.66. The number of quaternary nitrogens is 2. The van der Waals surface area contributed by atoms with Crippen molar-refractivity contribution in [3.8, 4) is 0 Å². The van der Waals surface area contributed by atoms with Gasteiger partial charge in [-0.3, -0.25) is 4.79 Å². The summed E-state index contributed by atoms with van der Waals surface area (Å²) in [6.45, 7) is 6.26. The summed E-state index contributed by atoms with van der Waals surface area (Å²) in [4.78, 5) is 18.3. The van der Waals surface area contributed by atoms with Crippen molar-refractivity contribution in [3.63, 3.8) is 0 Å². The molecule has 0 saturated heterocycles. The van der Waals surface area contributed by atoms with Gasteiger partial charge in [0.2, 0.25) is 5.91 Å². The number of carbonyl (C=O) groups excluding carboxylic acids is 1. The molecule has 4 heteroatoms. The Hall–Kier alpha value is -1.39. The van der Waals surface area contributed by atoms with Crippen LogP contribution in [-0.4, -0.2) is 65.2 Å². The largest absolute Gasteiger partial charge is 0.342 e. The molecule has 166 valence electrons. The first-order chi connectivity index (χ1) is 13.9. The normalized spacial score (nSPS) is 12.5. The number of hydrogen-bond donors (Lipinski definition) is 2. The molecule has 4 nitrogen and oxygen atoms in total. The summed E-state index contributed by atoms with van der Waals surface area (Å²) in [5.74, 6) is 0.693. The topological polar surface area (TPSA) is 29.2 Å². The molecule has 1 aromatic carbocycles. The van der Waals surface area contributed by atoms with Crippen molar-refractivity contribution < 1.29 is 14.6 Å². The highest BCUT2D eigenvalue weighted by atomic mass is 16.2. The van der Waals surface area contributed by atoms with Gasteiger partial charge < -0.3 is 14.7 Å². The van der Waals surface area contributed by atoms with E-state index in [4.69, 9.17) is 0 Å². The van der Waals surface area contributed by atoms with Gasteiger partial charge in [-0.05, 0) is 17.9 Å². The van der Waals surface area contributed by atoms with E-state index < -0.39 is 0 Å². The Morgan fingerprint density at radius 3 is 1.97 bits per heavy atom. The number of rotatable bonds is 16. The fourth-order valence-corrected chi connectivity index (χ4v) is 3.88. The molecule has 2 N–H and O–H groups in total. The lowest BCUT2D eigenvalue weighted by atomic mass is 9.89. The Balaban J connectivity index is 2.73. The van der Waals surface area contributed by atoms with E-state index in [1.807, 2.05) is 0 Å². The van der Waals surface area contributed by atoms with E-state index in [2.05, 4.69) is 70.3 Å². The highest BCUT2D eigenvalue weighted by Crippen LogP contribution is 2.27. The first-order valence-corrected chi connectivity index (χ1v) is 11.8. The first-order valence-electron chi connectivity index (χ1n) is 11.8. The van der Waals surface area contributed by atoms with Crippen molar-refractivity contribution in [3.05, 3.63) is 35.9 Å². The van der Waals surface area contributed by atoms with E-state index in [1.165, 1.54) is 41.0 Å². The molecule has 0 fully saturated rings. The highest BCUT2D eigenvalue weighted by Gasteiger charge is 2.20. The van der Waals surface area contributed by atoms with Crippen LogP contribution in [0, 0.1) is 0 Å². The second kappa shape index (κ2) is 15.4. The van der Waals surface area contributed by atoms with Crippen LogP contribution in [0.25, 0.3) is 0 Å². The van der Waals surface area contributed by atoms with Crippen LogP contribution in [0.5, 0.6) is 0 Å². The van der Waals surface area contributed by atoms with Gasteiger partial charge in [-0.1, -0.05) is 62.9 Å². The molecule has 1 aromatic rings. The van der Waals surface area contributed by atoms with Crippen LogP contribution in [-0.2, 0) is 4.79 Å². The number of amides is 1. The number of unbranched alkanes of at least 4 members (excludes halogenated alkanes) is 3. The van der Waals surface area contributed by atoms with Crippen LogP contribution < -0.4 is 9.80 Å². The van der Waals surface area contributed by atoms with E-state index in [1.54, 1.807) is 0 Å². The van der Waals surface area contributed by atoms with E-state index in [0.717, 1.165) is 45.4 Å². The van der Waals surface area contributed by atoms with Gasteiger partial charge in [0.1, 0.15) is 0 Å². The predicted molar refractivity (Wildman–Crippen MR) is 124 cm³/mol. The lowest BCUT2D eigenvalue weighted by Gasteiger charge is -2.26. The third kappa shape index (κ3) is 12.0. The molecule has 0 aliphatic rings. The average Bonchev–Trinajstić information content (AvgIpc) is 2.69. The molecule has 0 bridgehead atoms. The minimum atomic E-state index is 0.344. The zero-order valence-electron chi connectivity index (χ0n) is 19.8. The minimum absolute atomic E-state index is 0.344. The summed E-state index contributed by atoms with van der Waals surface area (Å²) in [7, 11) is 8.74. The molecule has 0 saturated carbocycles. The van der Waals surface area contributed by atoms with Crippen LogP contribution in [0.4, 0.5) is 0 Å². The fraction of sp³-hybridized carbons (Fsp3) is 0.720. The molecule has 1 amide bonds. The molecule has 1 atom stereocenters. The van der Waals surface area contributed by atoms with E-state index in [-0.39, 0.29) is 0 Å². The molecule has 0 spiro atoms. The molecule has 0 aliphatic carbocycles. The third-order valence-electron chi connectivity index (χ3n) is 5.66. The van der Waals surface area contributed by atoms with Gasteiger partial charge in [0.25, 0.3) is 0 Å². The zero-order valence-corrected chi connectivity index (χ0v) is 19.8. The summed E-state index contributed by atoms with van der Waals surface area (Å²) >= 11 is 0. The van der Waals surface area contributed by atoms with Crippen molar-refractivity contribution in [2.45, 2.75) is 64.2 Å². The maximum Gasteiger partial charge on any atom is 0.223 e. The van der Waals surface area contributed by atoms with Crippen LogP contribution in [0.1, 0.15) is 69.8 Å². The molecule has 1 rings (SSSR count). The molecule has 0 aromatic heterocycles. The number of benzene rings is 1. The summed E-state index contributed by atoms with van der Waals surface area (Å²) in [5, 5.41) is 0. The molecule has 1 unspecified atom stereocenters. The van der Waals surface area contributed by atoms with Crippen molar-refractivity contribution >= 4 is 5.91 Å². The van der Waals surface area contributed by atoms with Crippen molar-refractivity contribution in [1.29, 1.82) is 0 Å². The Labute approximate surface area is 180 Å². The second-order valence-electron chi connectivity index (χ2n) is 9.16. The van der Waals surface area contributed by atoms with Gasteiger partial charge >= 0.3 is 0 Å². The maximum absolute atomic E-state index is 13.3. The van der Waals surface area contributed by atoms with Gasteiger partial charge in [-0.15, -0.1) is 0 Å². The average molecular weight is 406 g/mol. The fourth-order valence-electron chi connectivity index (χ4n) is 3.88. The maximum atomic E-state index is 13.3. The summed E-state index contributed by atoms with van der Waals surface area (Å²) in [6, 6.07) is 10.7.